The number of hydrogen-bond acceptors (Lipinski definition) is 6. The molecule has 0 bridgehead atoms. The Kier molecular flexibility index (Phi) is 3.45. The molecule has 1 aromatic heterocycles. The highest BCUT2D eigenvalue weighted by Gasteiger charge is 2.35. The van der Waals surface area contributed by atoms with Crippen molar-refractivity contribution in [2.75, 3.05) is 10.8 Å². The lowest BCUT2D eigenvalue weighted by atomic mass is 10.1. The van der Waals surface area contributed by atoms with Crippen LogP contribution in [0.5, 0.6) is 5.75 Å². The van der Waals surface area contributed by atoms with Gasteiger partial charge in [0.15, 0.2) is 0 Å². The molecule has 2 aromatic rings. The van der Waals surface area contributed by atoms with Crippen LogP contribution in [0.3, 0.4) is 0 Å². The van der Waals surface area contributed by atoms with E-state index in [2.05, 4.69) is 10.1 Å². The summed E-state index contributed by atoms with van der Waals surface area (Å²) >= 11 is 0. The maximum absolute atomic E-state index is 11.8. The lowest BCUT2D eigenvalue weighted by molar-refractivity contribution is -0.117. The van der Waals surface area contributed by atoms with Gasteiger partial charge in [-0.2, -0.15) is 13.5 Å². The molecule has 2 heterocycles. The molecule has 0 radical (unpaired) electrons. The van der Waals surface area contributed by atoms with Crippen molar-refractivity contribution in [3.8, 4) is 5.75 Å². The fraction of sp³-hybridized carbons (Fsp3) is 0.250. The third-order valence-corrected chi connectivity index (χ3v) is 4.62. The number of amides is 1. The molecule has 9 nitrogen and oxygen atoms in total. The average Bonchev–Trinajstić information content (AvgIpc) is 3.04. The standard InChI is InChI=1S/C12H13N5O4S/c18-11-5-9(3-4-16-8-13-7-14-16)1-2-10(11)17-6-12(19)15-22(17,20)21/h1-2,5,7-8,18H,3-4,6H2,(H,15,19). The van der Waals surface area contributed by atoms with E-state index in [1.54, 1.807) is 17.1 Å². The quantitative estimate of drug-likeness (QED) is 0.776. The lowest BCUT2D eigenvalue weighted by Gasteiger charge is -2.16. The second-order valence-electron chi connectivity index (χ2n) is 4.77. The Morgan fingerprint density at radius 2 is 2.18 bits per heavy atom. The van der Waals surface area contributed by atoms with Gasteiger partial charge in [0.25, 0.3) is 5.91 Å². The molecule has 116 valence electrons. The Balaban J connectivity index is 1.79. The van der Waals surface area contributed by atoms with Crippen LogP contribution in [-0.4, -0.2) is 40.7 Å². The summed E-state index contributed by atoms with van der Waals surface area (Å²) < 4.78 is 27.9. The van der Waals surface area contributed by atoms with E-state index >= 15 is 0 Å². The van der Waals surface area contributed by atoms with E-state index in [9.17, 15) is 18.3 Å². The monoisotopic (exact) mass is 323 g/mol. The normalized spacial score (nSPS) is 16.7. The zero-order valence-corrected chi connectivity index (χ0v) is 12.2. The summed E-state index contributed by atoms with van der Waals surface area (Å²) in [4.78, 5) is 15.1. The minimum absolute atomic E-state index is 0.0721. The van der Waals surface area contributed by atoms with Gasteiger partial charge in [0, 0.05) is 6.54 Å². The fourth-order valence-electron chi connectivity index (χ4n) is 2.19. The molecule has 3 rings (SSSR count). The number of carbonyl (C=O) groups is 1. The van der Waals surface area contributed by atoms with Gasteiger partial charge in [0.1, 0.15) is 24.9 Å². The number of benzene rings is 1. The summed E-state index contributed by atoms with van der Waals surface area (Å²) in [5, 5.41) is 14.0. The van der Waals surface area contributed by atoms with Crippen molar-refractivity contribution in [2.45, 2.75) is 13.0 Å². The highest BCUT2D eigenvalue weighted by Crippen LogP contribution is 2.31. The molecule has 1 aromatic carbocycles. The first kappa shape index (κ1) is 14.3. The minimum Gasteiger partial charge on any atom is -0.506 e. The van der Waals surface area contributed by atoms with Gasteiger partial charge in [-0.05, 0) is 24.1 Å². The Morgan fingerprint density at radius 3 is 2.77 bits per heavy atom. The summed E-state index contributed by atoms with van der Waals surface area (Å²) in [6.45, 7) is 0.245. The number of aromatic hydroxyl groups is 1. The summed E-state index contributed by atoms with van der Waals surface area (Å²) in [6.07, 6.45) is 3.62. The van der Waals surface area contributed by atoms with E-state index in [-0.39, 0.29) is 18.0 Å². The van der Waals surface area contributed by atoms with Crippen LogP contribution in [0.15, 0.2) is 30.9 Å². The molecule has 0 spiro atoms. The zero-order chi connectivity index (χ0) is 15.7. The highest BCUT2D eigenvalue weighted by atomic mass is 32.2. The highest BCUT2D eigenvalue weighted by molar-refractivity contribution is 7.92. The second-order valence-corrected chi connectivity index (χ2v) is 6.36. The number of nitrogens with zero attached hydrogens (tertiary/aromatic N) is 4. The minimum atomic E-state index is -3.92. The van der Waals surface area contributed by atoms with Gasteiger partial charge < -0.3 is 5.11 Å². The number of phenolic OH excluding ortho intramolecular Hbond substituents is 1. The maximum atomic E-state index is 11.8. The third kappa shape index (κ3) is 2.72. The molecular formula is C12H13N5O4S. The number of aromatic nitrogens is 3. The molecule has 1 amide bonds. The van der Waals surface area contributed by atoms with Crippen LogP contribution in [0.2, 0.25) is 0 Å². The number of carbonyl (C=O) groups excluding carboxylic acids is 1. The number of rotatable bonds is 4. The van der Waals surface area contributed by atoms with Gasteiger partial charge >= 0.3 is 10.2 Å². The molecule has 2 N–H and O–H groups in total. The van der Waals surface area contributed by atoms with Crippen LogP contribution in [-0.2, 0) is 28.0 Å². The van der Waals surface area contributed by atoms with Gasteiger partial charge in [-0.1, -0.05) is 6.07 Å². The van der Waals surface area contributed by atoms with E-state index in [0.29, 0.717) is 13.0 Å². The molecule has 0 atom stereocenters. The Morgan fingerprint density at radius 1 is 1.36 bits per heavy atom. The average molecular weight is 323 g/mol. The van der Waals surface area contributed by atoms with E-state index < -0.39 is 16.1 Å². The SMILES string of the molecule is O=C1CN(c2ccc(CCn3cncn3)cc2O)S(=O)(=O)N1. The number of phenols is 1. The number of nitrogens with one attached hydrogen (secondary N) is 1. The van der Waals surface area contributed by atoms with E-state index in [4.69, 9.17) is 0 Å². The maximum Gasteiger partial charge on any atom is 0.326 e. The number of anilines is 1. The number of aryl methyl sites for hydroxylation is 2. The molecule has 0 aliphatic carbocycles. The van der Waals surface area contributed by atoms with Crippen molar-refractivity contribution >= 4 is 21.8 Å². The predicted molar refractivity (Wildman–Crippen MR) is 76.2 cm³/mol. The van der Waals surface area contributed by atoms with Crippen molar-refractivity contribution in [2.24, 2.45) is 0 Å². The van der Waals surface area contributed by atoms with Crippen molar-refractivity contribution < 1.29 is 18.3 Å². The van der Waals surface area contributed by atoms with Crippen molar-refractivity contribution in [1.82, 2.24) is 19.5 Å². The van der Waals surface area contributed by atoms with E-state index in [1.165, 1.54) is 18.5 Å². The Labute approximate surface area is 126 Å². The molecule has 1 aliphatic rings. The first-order valence-corrected chi connectivity index (χ1v) is 7.87. The molecule has 1 saturated heterocycles. The first-order valence-electron chi connectivity index (χ1n) is 6.43. The van der Waals surface area contributed by atoms with Crippen LogP contribution in [0, 0.1) is 0 Å². The molecule has 0 saturated carbocycles. The largest absolute Gasteiger partial charge is 0.506 e. The second kappa shape index (κ2) is 5.30. The zero-order valence-electron chi connectivity index (χ0n) is 11.4. The van der Waals surface area contributed by atoms with Crippen molar-refractivity contribution in [1.29, 1.82) is 0 Å². The molecule has 0 unspecified atom stereocenters. The molecular weight excluding hydrogens is 310 g/mol. The van der Waals surface area contributed by atoms with Crippen LogP contribution >= 0.6 is 0 Å². The summed E-state index contributed by atoms with van der Waals surface area (Å²) in [5.41, 5.74) is 0.885. The van der Waals surface area contributed by atoms with E-state index in [0.717, 1.165) is 9.87 Å². The van der Waals surface area contributed by atoms with Crippen LogP contribution < -0.4 is 9.03 Å². The van der Waals surface area contributed by atoms with Crippen LogP contribution in [0.4, 0.5) is 5.69 Å². The molecule has 1 aliphatic heterocycles. The lowest BCUT2D eigenvalue weighted by Crippen LogP contribution is -2.29. The molecule has 10 heteroatoms. The van der Waals surface area contributed by atoms with Crippen molar-refractivity contribution in [3.05, 3.63) is 36.4 Å². The van der Waals surface area contributed by atoms with Gasteiger partial charge in [0.05, 0.1) is 5.69 Å². The summed E-state index contributed by atoms with van der Waals surface area (Å²) in [7, 11) is -3.92. The van der Waals surface area contributed by atoms with Crippen LogP contribution in [0.1, 0.15) is 5.56 Å². The van der Waals surface area contributed by atoms with E-state index in [1.807, 2.05) is 4.72 Å². The van der Waals surface area contributed by atoms with Gasteiger partial charge in [-0.25, -0.2) is 14.0 Å². The molecule has 22 heavy (non-hydrogen) atoms. The van der Waals surface area contributed by atoms with Gasteiger partial charge in [-0.15, -0.1) is 0 Å². The summed E-state index contributed by atoms with van der Waals surface area (Å²) in [5.74, 6) is -0.828. The third-order valence-electron chi connectivity index (χ3n) is 3.22. The smallest absolute Gasteiger partial charge is 0.326 e. The first-order chi connectivity index (χ1) is 10.5. The topological polar surface area (TPSA) is 117 Å². The Bertz CT molecular complexity index is 803. The van der Waals surface area contributed by atoms with Crippen molar-refractivity contribution in [3.63, 3.8) is 0 Å². The Hall–Kier alpha value is -2.62. The van der Waals surface area contributed by atoms with Gasteiger partial charge in [-0.3, -0.25) is 9.48 Å². The van der Waals surface area contributed by atoms with Gasteiger partial charge in [0.2, 0.25) is 0 Å². The number of hydrogen-bond donors (Lipinski definition) is 2. The van der Waals surface area contributed by atoms with Crippen LogP contribution in [0.25, 0.3) is 0 Å². The molecule has 1 fully saturated rings. The fourth-order valence-corrected chi connectivity index (χ4v) is 3.35. The summed E-state index contributed by atoms with van der Waals surface area (Å²) in [6, 6.07) is 4.65. The predicted octanol–water partition coefficient (Wildman–Crippen LogP) is -0.593.